The van der Waals surface area contributed by atoms with Crippen molar-refractivity contribution < 1.29 is 35.5 Å². The van der Waals surface area contributed by atoms with Crippen LogP contribution in [0.3, 0.4) is 0 Å². The van der Waals surface area contributed by atoms with Crippen molar-refractivity contribution in [3.63, 3.8) is 0 Å². The number of allylic oxidation sites excluding steroid dienone is 1. The Hall–Kier alpha value is -3.18. The quantitative estimate of drug-likeness (QED) is 0.217. The second-order valence-corrected chi connectivity index (χ2v) is 8.61. The second kappa shape index (κ2) is 11.1. The van der Waals surface area contributed by atoms with Gasteiger partial charge in [-0.1, -0.05) is 41.4 Å². The molecule has 1 unspecified atom stereocenters. The zero-order valence-corrected chi connectivity index (χ0v) is 20.2. The smallest absolute Gasteiger partial charge is 0.336 e. The summed E-state index contributed by atoms with van der Waals surface area (Å²) in [6.07, 6.45) is -7.21. The van der Waals surface area contributed by atoms with Gasteiger partial charge in [0.05, 0.1) is 22.2 Å². The van der Waals surface area contributed by atoms with Crippen LogP contribution in [0.25, 0.3) is 5.83 Å². The molecule has 0 saturated heterocycles. The first kappa shape index (κ1) is 28.4. The summed E-state index contributed by atoms with van der Waals surface area (Å²) in [5.41, 5.74) is -3.55. The van der Waals surface area contributed by atoms with Crippen molar-refractivity contribution >= 4 is 40.8 Å². The topological polar surface area (TPSA) is 46.1 Å². The molecule has 0 fully saturated rings. The Bertz CT molecular complexity index is 1310. The summed E-state index contributed by atoms with van der Waals surface area (Å²) >= 11 is 11.5. The van der Waals surface area contributed by atoms with Crippen molar-refractivity contribution in [1.29, 1.82) is 0 Å². The van der Waals surface area contributed by atoms with Crippen LogP contribution >= 0.6 is 23.2 Å². The van der Waals surface area contributed by atoms with Crippen molar-refractivity contribution in [1.82, 2.24) is 9.97 Å². The van der Waals surface area contributed by atoms with Crippen LogP contribution in [0.4, 0.5) is 36.7 Å². The van der Waals surface area contributed by atoms with Gasteiger partial charge in [0.1, 0.15) is 11.7 Å². The molecule has 0 radical (unpaired) electrons. The molecule has 0 aliphatic carbocycles. The first-order chi connectivity index (χ1) is 17.2. The van der Waals surface area contributed by atoms with E-state index in [1.54, 1.807) is 0 Å². The van der Waals surface area contributed by atoms with Crippen LogP contribution in [-0.4, -0.2) is 35.5 Å². The van der Waals surface area contributed by atoms with Crippen molar-refractivity contribution in [2.75, 3.05) is 18.5 Å². The molecule has 196 valence electrons. The number of carbonyl (C=O) groups is 1. The maximum atomic E-state index is 14.9. The fraction of sp³-hybridized carbons (Fsp3) is 0.208. The summed E-state index contributed by atoms with van der Waals surface area (Å²) < 4.78 is 97.3. The van der Waals surface area contributed by atoms with Crippen LogP contribution in [-0.2, 0) is 6.18 Å². The normalized spacial score (nSPS) is 13.4. The number of ketones is 1. The largest absolute Gasteiger partial charge is 0.417 e. The number of alkyl halides is 6. The van der Waals surface area contributed by atoms with Crippen LogP contribution < -0.4 is 4.90 Å². The van der Waals surface area contributed by atoms with Crippen molar-refractivity contribution in [3.05, 3.63) is 93.2 Å². The molecule has 0 aliphatic heterocycles. The minimum atomic E-state index is -5.10. The zero-order valence-electron chi connectivity index (χ0n) is 18.7. The van der Waals surface area contributed by atoms with E-state index in [0.717, 1.165) is 30.3 Å². The Morgan fingerprint density at radius 3 is 2.22 bits per heavy atom. The number of carbonyl (C=O) groups excluding carboxylic acids is 1. The average molecular weight is 566 g/mol. The molecule has 1 atom stereocenters. The van der Waals surface area contributed by atoms with Gasteiger partial charge in [0.2, 0.25) is 5.95 Å². The van der Waals surface area contributed by atoms with E-state index >= 15 is 0 Å². The van der Waals surface area contributed by atoms with E-state index in [1.165, 1.54) is 30.4 Å². The molecule has 1 aromatic heterocycles. The van der Waals surface area contributed by atoms with Gasteiger partial charge in [0.25, 0.3) is 0 Å². The fourth-order valence-corrected chi connectivity index (χ4v) is 3.66. The molecule has 0 amide bonds. The lowest BCUT2D eigenvalue weighted by atomic mass is 9.95. The van der Waals surface area contributed by atoms with Crippen molar-refractivity contribution in [3.8, 4) is 0 Å². The molecular weight excluding hydrogens is 550 g/mol. The van der Waals surface area contributed by atoms with Crippen LogP contribution in [0.1, 0.15) is 33.0 Å². The molecule has 37 heavy (non-hydrogen) atoms. The molecule has 13 heteroatoms. The summed E-state index contributed by atoms with van der Waals surface area (Å²) in [6, 6.07) is 6.27. The standard InChI is InChI=1S/C24H16Cl2F7N3O/c1-36(22-34-7-2-8-35-22)12-21(37)15-5-3-14(9-17(15)24(31,32)33)20(27)11-16(23(28,29)30)13-4-6-18(25)19(26)10-13/h2-11,16H,12H2,1H3/b20-11-. The van der Waals surface area contributed by atoms with E-state index in [0.29, 0.717) is 6.07 Å². The van der Waals surface area contributed by atoms with Gasteiger partial charge in [-0.3, -0.25) is 4.79 Å². The van der Waals surface area contributed by atoms with Crippen molar-refractivity contribution in [2.24, 2.45) is 0 Å². The van der Waals surface area contributed by atoms with Gasteiger partial charge in [-0.2, -0.15) is 26.3 Å². The summed E-state index contributed by atoms with van der Waals surface area (Å²) in [7, 11) is 1.39. The highest BCUT2D eigenvalue weighted by molar-refractivity contribution is 6.42. The molecular formula is C24H16Cl2F7N3O. The fourth-order valence-electron chi connectivity index (χ4n) is 3.36. The van der Waals surface area contributed by atoms with Crippen LogP contribution in [0.2, 0.25) is 10.0 Å². The number of hydrogen-bond acceptors (Lipinski definition) is 4. The molecule has 4 nitrogen and oxygen atoms in total. The van der Waals surface area contributed by atoms with Crippen LogP contribution in [0, 0.1) is 0 Å². The Balaban J connectivity index is 1.99. The number of Topliss-reactive ketones (excluding diaryl/α,β-unsaturated/α-hetero) is 1. The Kier molecular flexibility index (Phi) is 8.49. The lowest BCUT2D eigenvalue weighted by molar-refractivity contribution is -0.140. The highest BCUT2D eigenvalue weighted by atomic mass is 35.5. The van der Waals surface area contributed by atoms with Crippen molar-refractivity contribution in [2.45, 2.75) is 18.3 Å². The summed E-state index contributed by atoms with van der Waals surface area (Å²) in [6.45, 7) is -0.543. The van der Waals surface area contributed by atoms with E-state index < -0.39 is 58.7 Å². The summed E-state index contributed by atoms with van der Waals surface area (Å²) in [5.74, 6) is -5.01. The maximum Gasteiger partial charge on any atom is 0.417 e. The molecule has 0 N–H and O–H groups in total. The van der Waals surface area contributed by atoms with E-state index in [1.807, 2.05) is 0 Å². The van der Waals surface area contributed by atoms with Gasteiger partial charge in [0, 0.05) is 30.6 Å². The Morgan fingerprint density at radius 1 is 1.00 bits per heavy atom. The second-order valence-electron chi connectivity index (χ2n) is 7.79. The number of benzene rings is 2. The highest BCUT2D eigenvalue weighted by Gasteiger charge is 2.40. The third kappa shape index (κ3) is 6.98. The number of likely N-dealkylation sites (N-methyl/N-ethyl adjacent to an activating group) is 1. The third-order valence-electron chi connectivity index (χ3n) is 5.14. The van der Waals surface area contributed by atoms with E-state index in [2.05, 4.69) is 9.97 Å². The number of hydrogen-bond donors (Lipinski definition) is 0. The summed E-state index contributed by atoms with van der Waals surface area (Å²) in [4.78, 5) is 21.6. The Labute approximate surface area is 216 Å². The average Bonchev–Trinajstić information content (AvgIpc) is 2.83. The minimum absolute atomic E-state index is 0.0321. The molecule has 3 aromatic rings. The molecule has 0 aliphatic rings. The number of nitrogens with zero attached hydrogens (tertiary/aromatic N) is 3. The molecule has 1 heterocycles. The number of aromatic nitrogens is 2. The van der Waals surface area contributed by atoms with Gasteiger partial charge >= 0.3 is 12.4 Å². The predicted molar refractivity (Wildman–Crippen MR) is 125 cm³/mol. The van der Waals surface area contributed by atoms with Crippen LogP contribution in [0.15, 0.2) is 60.9 Å². The molecule has 0 bridgehead atoms. The van der Waals surface area contributed by atoms with E-state index in [4.69, 9.17) is 23.2 Å². The Morgan fingerprint density at radius 2 is 1.65 bits per heavy atom. The lowest BCUT2D eigenvalue weighted by Crippen LogP contribution is -2.28. The zero-order chi connectivity index (χ0) is 27.5. The van der Waals surface area contributed by atoms with Gasteiger partial charge in [-0.05, 0) is 35.9 Å². The minimum Gasteiger partial charge on any atom is -0.336 e. The molecule has 2 aromatic carbocycles. The van der Waals surface area contributed by atoms with Gasteiger partial charge in [-0.25, -0.2) is 14.4 Å². The molecule has 0 spiro atoms. The number of rotatable bonds is 7. The van der Waals surface area contributed by atoms with Gasteiger partial charge < -0.3 is 4.90 Å². The maximum absolute atomic E-state index is 14.9. The third-order valence-corrected chi connectivity index (χ3v) is 5.88. The predicted octanol–water partition coefficient (Wildman–Crippen LogP) is 7.78. The SMILES string of the molecule is CN(CC(=O)c1ccc(/C(F)=C/C(c2ccc(Cl)c(Cl)c2)C(F)(F)F)cc1C(F)(F)F)c1ncccn1. The molecule has 3 rings (SSSR count). The monoisotopic (exact) mass is 565 g/mol. The first-order valence-electron chi connectivity index (χ1n) is 10.3. The number of halogens is 9. The van der Waals surface area contributed by atoms with Crippen LogP contribution in [0.5, 0.6) is 0 Å². The highest BCUT2D eigenvalue weighted by Crippen LogP contribution is 2.41. The lowest BCUT2D eigenvalue weighted by Gasteiger charge is -2.19. The molecule has 0 saturated carbocycles. The van der Waals surface area contributed by atoms with E-state index in [-0.39, 0.29) is 22.1 Å². The first-order valence-corrected chi connectivity index (χ1v) is 11.1. The van der Waals surface area contributed by atoms with Gasteiger partial charge in [0.15, 0.2) is 5.78 Å². The van der Waals surface area contributed by atoms with E-state index in [9.17, 15) is 35.5 Å². The van der Waals surface area contributed by atoms with Gasteiger partial charge in [-0.15, -0.1) is 0 Å². The number of anilines is 1. The summed E-state index contributed by atoms with van der Waals surface area (Å²) in [5, 5.41) is -0.245.